The smallest absolute Gasteiger partial charge is 0.216 e. The van der Waals surface area contributed by atoms with E-state index in [1.54, 1.807) is 36.5 Å². The van der Waals surface area contributed by atoms with Crippen LogP contribution in [0.4, 0.5) is 0 Å². The van der Waals surface area contributed by atoms with Crippen molar-refractivity contribution >= 4 is 22.1 Å². The van der Waals surface area contributed by atoms with Crippen molar-refractivity contribution in [1.29, 1.82) is 0 Å². The molecule has 34 heavy (non-hydrogen) atoms. The van der Waals surface area contributed by atoms with E-state index in [0.717, 1.165) is 33.3 Å². The van der Waals surface area contributed by atoms with E-state index >= 15 is 0 Å². The Balaban J connectivity index is 0.000000192. The van der Waals surface area contributed by atoms with E-state index < -0.39 is 13.7 Å². The van der Waals surface area contributed by atoms with Crippen molar-refractivity contribution in [3.8, 4) is 22.5 Å². The number of hydrogen-bond donors (Lipinski definition) is 0. The van der Waals surface area contributed by atoms with Crippen molar-refractivity contribution < 1.29 is 32.7 Å². The number of aromatic nitrogens is 3. The fraction of sp³-hybridized carbons (Fsp3) is 0.0690. The third-order valence-electron chi connectivity index (χ3n) is 4.97. The van der Waals surface area contributed by atoms with Crippen LogP contribution in [0.5, 0.6) is 0 Å². The average Bonchev–Trinajstić information content (AvgIpc) is 3.32. The fourth-order valence-electron chi connectivity index (χ4n) is 3.43. The summed E-state index contributed by atoms with van der Waals surface area (Å²) >= 11 is 0. The maximum atomic E-state index is 7.47. The van der Waals surface area contributed by atoms with Crippen LogP contribution in [-0.2, 0) is 20.1 Å². The Morgan fingerprint density at radius 3 is 2.47 bits per heavy atom. The largest absolute Gasteiger partial charge is 0.486 e. The summed E-state index contributed by atoms with van der Waals surface area (Å²) in [6, 6.07) is 29.5. The van der Waals surface area contributed by atoms with Gasteiger partial charge in [0.25, 0.3) is 0 Å². The van der Waals surface area contributed by atoms with Gasteiger partial charge in [-0.3, -0.25) is 0 Å². The van der Waals surface area contributed by atoms with Crippen molar-refractivity contribution in [3.63, 3.8) is 0 Å². The quantitative estimate of drug-likeness (QED) is 0.195. The third kappa shape index (κ3) is 4.96. The molecule has 4 nitrogen and oxygen atoms in total. The van der Waals surface area contributed by atoms with Crippen LogP contribution in [-0.4, -0.2) is 15.0 Å². The van der Waals surface area contributed by atoms with E-state index in [4.69, 9.17) is 12.6 Å². The molecule has 6 aromatic rings. The first-order chi connectivity index (χ1) is 18.6. The van der Waals surface area contributed by atoms with Gasteiger partial charge in [-0.05, 0) is 48.9 Å². The number of benzene rings is 2. The average molecular weight is 626 g/mol. The van der Waals surface area contributed by atoms with Gasteiger partial charge >= 0.3 is 0 Å². The van der Waals surface area contributed by atoms with E-state index in [1.165, 1.54) is 12.3 Å². The number of furan rings is 1. The van der Waals surface area contributed by atoms with E-state index in [-0.39, 0.29) is 31.4 Å². The van der Waals surface area contributed by atoms with Crippen LogP contribution in [0.1, 0.15) is 19.5 Å². The summed E-state index contributed by atoms with van der Waals surface area (Å²) in [6.45, 7) is -4.35. The topological polar surface area (TPSA) is 51.8 Å². The summed E-state index contributed by atoms with van der Waals surface area (Å²) in [7, 11) is 0. The van der Waals surface area contributed by atoms with E-state index in [2.05, 4.69) is 27.1 Å². The summed E-state index contributed by atoms with van der Waals surface area (Å²) in [5, 5.41) is 1.64. The molecular formula is C29H21IrN3O-2. The van der Waals surface area contributed by atoms with Gasteiger partial charge in [0.1, 0.15) is 0 Å². The van der Waals surface area contributed by atoms with Gasteiger partial charge in [0, 0.05) is 51.8 Å². The number of hydrogen-bond acceptors (Lipinski definition) is 4. The maximum Gasteiger partial charge on any atom is 0.216 e. The molecule has 0 aliphatic carbocycles. The van der Waals surface area contributed by atoms with Crippen LogP contribution in [0.25, 0.3) is 44.6 Å². The van der Waals surface area contributed by atoms with Crippen LogP contribution >= 0.6 is 0 Å². The summed E-state index contributed by atoms with van der Waals surface area (Å²) in [6.07, 6.45) is 3.10. The molecule has 1 radical (unpaired) electrons. The normalized spacial score (nSPS) is 13.8. The number of pyridine rings is 3. The maximum absolute atomic E-state index is 7.47. The molecular weight excluding hydrogens is 599 g/mol. The molecule has 5 heteroatoms. The minimum atomic E-state index is -2.26. The number of rotatable bonds is 2. The first-order valence-electron chi connectivity index (χ1n) is 13.2. The van der Waals surface area contributed by atoms with Gasteiger partial charge in [-0.25, -0.2) is 4.98 Å². The molecule has 0 saturated heterocycles. The monoisotopic (exact) mass is 626 g/mol. The minimum Gasteiger partial charge on any atom is -0.486 e. The van der Waals surface area contributed by atoms with Gasteiger partial charge in [0.15, 0.2) is 0 Å². The molecule has 169 valence electrons. The SMILES string of the molecule is [2H]C([2H])([2H])c1ccc(-c2[c-]cccc2)nc1.[2H]C([2H])([2H])c1ccc2c(n1)oc1c(-c3ccccn3)[c-]ccc12.[Ir]. The van der Waals surface area contributed by atoms with Gasteiger partial charge in [0.2, 0.25) is 5.71 Å². The van der Waals surface area contributed by atoms with Crippen molar-refractivity contribution in [2.24, 2.45) is 0 Å². The molecule has 0 saturated carbocycles. The van der Waals surface area contributed by atoms with E-state index in [0.29, 0.717) is 11.3 Å². The Kier molecular flexibility index (Phi) is 5.22. The molecule has 0 unspecified atom stereocenters. The molecule has 4 heterocycles. The van der Waals surface area contributed by atoms with E-state index in [1.807, 2.05) is 42.5 Å². The molecule has 0 fully saturated rings. The second kappa shape index (κ2) is 10.5. The fourth-order valence-corrected chi connectivity index (χ4v) is 3.43. The Morgan fingerprint density at radius 1 is 0.794 bits per heavy atom. The van der Waals surface area contributed by atoms with Gasteiger partial charge in [-0.2, -0.15) is 0 Å². The van der Waals surface area contributed by atoms with Crippen LogP contribution in [0, 0.1) is 25.8 Å². The van der Waals surface area contributed by atoms with Gasteiger partial charge < -0.3 is 14.4 Å². The number of nitrogens with zero attached hydrogens (tertiary/aromatic N) is 3. The predicted octanol–water partition coefficient (Wildman–Crippen LogP) is 7.01. The molecule has 2 aromatic carbocycles. The second-order valence-corrected chi connectivity index (χ2v) is 7.17. The van der Waals surface area contributed by atoms with Crippen LogP contribution in [0.15, 0.2) is 95.7 Å². The zero-order chi connectivity index (χ0) is 27.6. The number of fused-ring (bicyclic) bond motifs is 3. The van der Waals surface area contributed by atoms with Crippen molar-refractivity contribution in [2.45, 2.75) is 13.7 Å². The van der Waals surface area contributed by atoms with Crippen molar-refractivity contribution in [1.82, 2.24) is 15.0 Å². The Labute approximate surface area is 220 Å². The molecule has 6 rings (SSSR count). The zero-order valence-corrected chi connectivity index (χ0v) is 20.1. The predicted molar refractivity (Wildman–Crippen MR) is 132 cm³/mol. The molecule has 0 aliphatic rings. The van der Waals surface area contributed by atoms with Gasteiger partial charge in [-0.15, -0.1) is 54.1 Å². The molecule has 4 aromatic heterocycles. The van der Waals surface area contributed by atoms with Crippen LogP contribution in [0.3, 0.4) is 0 Å². The Hall–Kier alpha value is -3.66. The van der Waals surface area contributed by atoms with Crippen LogP contribution < -0.4 is 0 Å². The zero-order valence-electron chi connectivity index (χ0n) is 23.7. The summed E-state index contributed by atoms with van der Waals surface area (Å²) in [4.78, 5) is 12.6. The van der Waals surface area contributed by atoms with Gasteiger partial charge in [-0.1, -0.05) is 35.2 Å². The number of aryl methyl sites for hydroxylation is 2. The molecule has 0 bridgehead atoms. The third-order valence-corrected chi connectivity index (χ3v) is 4.97. The standard InChI is InChI=1S/C17H11N2O.C12H10N.Ir/c1-11-8-9-13-12-5-4-6-14(15-7-2-3-10-18-15)16(12)20-17(13)19-11;1-10-7-8-12(13-9-10)11-5-3-2-4-6-11;/h2-5,7-10H,1H3;2-5,7-9H,1H3;/q2*-1;/i2*1D3;. The van der Waals surface area contributed by atoms with Crippen molar-refractivity contribution in [2.75, 3.05) is 0 Å². The molecule has 0 aliphatic heterocycles. The molecule has 0 N–H and O–H groups in total. The first kappa shape index (κ1) is 16.9. The first-order valence-corrected chi connectivity index (χ1v) is 10.2. The Bertz CT molecular complexity index is 1720. The summed E-state index contributed by atoms with van der Waals surface area (Å²) < 4.78 is 50.0. The molecule has 0 spiro atoms. The summed E-state index contributed by atoms with van der Waals surface area (Å²) in [5.41, 5.74) is 4.26. The van der Waals surface area contributed by atoms with Crippen LogP contribution in [0.2, 0.25) is 0 Å². The summed E-state index contributed by atoms with van der Waals surface area (Å²) in [5.74, 6) is 0. The van der Waals surface area contributed by atoms with Crippen molar-refractivity contribution in [3.05, 3.63) is 115 Å². The molecule has 0 amide bonds. The Morgan fingerprint density at radius 2 is 1.74 bits per heavy atom. The van der Waals surface area contributed by atoms with E-state index in [9.17, 15) is 0 Å². The minimum absolute atomic E-state index is 0. The molecule has 0 atom stereocenters. The second-order valence-electron chi connectivity index (χ2n) is 7.17. The van der Waals surface area contributed by atoms with Gasteiger partial charge in [0.05, 0.1) is 5.58 Å².